The van der Waals surface area contributed by atoms with Crippen molar-refractivity contribution in [1.29, 1.82) is 0 Å². The van der Waals surface area contributed by atoms with E-state index in [1.165, 1.54) is 25.7 Å². The van der Waals surface area contributed by atoms with E-state index in [2.05, 4.69) is 41.6 Å². The molecule has 5 nitrogen and oxygen atoms in total. The van der Waals surface area contributed by atoms with E-state index in [1.807, 2.05) is 4.68 Å². The molecule has 102 valence electrons. The third kappa shape index (κ3) is 3.68. The minimum Gasteiger partial charge on any atom is -0.313 e. The fourth-order valence-electron chi connectivity index (χ4n) is 1.94. The van der Waals surface area contributed by atoms with Gasteiger partial charge >= 0.3 is 0 Å². The molecule has 1 N–H and O–H groups in total. The Kier molecular flexibility index (Phi) is 5.00. The number of thioether (sulfide) groups is 1. The molecule has 0 radical (unpaired) electrons. The number of hydrogen-bond acceptors (Lipinski definition) is 5. The van der Waals surface area contributed by atoms with Gasteiger partial charge in [0.1, 0.15) is 0 Å². The molecule has 1 fully saturated rings. The van der Waals surface area contributed by atoms with Crippen molar-refractivity contribution in [1.82, 2.24) is 25.5 Å². The predicted octanol–water partition coefficient (Wildman–Crippen LogP) is 2.27. The zero-order valence-electron chi connectivity index (χ0n) is 11.5. The van der Waals surface area contributed by atoms with E-state index in [0.29, 0.717) is 17.3 Å². The van der Waals surface area contributed by atoms with Crippen LogP contribution in [0, 0.1) is 0 Å². The summed E-state index contributed by atoms with van der Waals surface area (Å²) in [5.41, 5.74) is 0. The first-order valence-electron chi connectivity index (χ1n) is 6.92. The Morgan fingerprint density at radius 3 is 2.72 bits per heavy atom. The standard InChI is InChI=1S/C12H23N5S/c1-4-10(5-2)13-8-9(3)18-12-14-15-16-17(12)11-6-7-11/h9-11,13H,4-8H2,1-3H3. The van der Waals surface area contributed by atoms with Crippen molar-refractivity contribution in [3.8, 4) is 0 Å². The lowest BCUT2D eigenvalue weighted by molar-refractivity contribution is 0.487. The molecule has 1 aliphatic rings. The van der Waals surface area contributed by atoms with E-state index in [9.17, 15) is 0 Å². The predicted molar refractivity (Wildman–Crippen MR) is 73.8 cm³/mol. The van der Waals surface area contributed by atoms with Crippen LogP contribution in [-0.4, -0.2) is 38.0 Å². The molecule has 0 aromatic carbocycles. The van der Waals surface area contributed by atoms with Crippen molar-refractivity contribution in [2.24, 2.45) is 0 Å². The zero-order chi connectivity index (χ0) is 13.0. The smallest absolute Gasteiger partial charge is 0.209 e. The van der Waals surface area contributed by atoms with Crippen LogP contribution in [0.25, 0.3) is 0 Å². The SMILES string of the molecule is CCC(CC)NCC(C)Sc1nnnn1C1CC1. The maximum Gasteiger partial charge on any atom is 0.209 e. The lowest BCUT2D eigenvalue weighted by Crippen LogP contribution is -2.32. The lowest BCUT2D eigenvalue weighted by atomic mass is 10.2. The highest BCUT2D eigenvalue weighted by Crippen LogP contribution is 2.36. The summed E-state index contributed by atoms with van der Waals surface area (Å²) in [4.78, 5) is 0. The van der Waals surface area contributed by atoms with Crippen LogP contribution in [0.3, 0.4) is 0 Å². The zero-order valence-corrected chi connectivity index (χ0v) is 12.3. The van der Waals surface area contributed by atoms with Crippen LogP contribution in [0.2, 0.25) is 0 Å². The largest absolute Gasteiger partial charge is 0.313 e. The van der Waals surface area contributed by atoms with Crippen LogP contribution < -0.4 is 5.32 Å². The second-order valence-electron chi connectivity index (χ2n) is 4.99. The summed E-state index contributed by atoms with van der Waals surface area (Å²) < 4.78 is 1.98. The van der Waals surface area contributed by atoms with E-state index < -0.39 is 0 Å². The summed E-state index contributed by atoms with van der Waals surface area (Å²) in [7, 11) is 0. The summed E-state index contributed by atoms with van der Waals surface area (Å²) >= 11 is 1.77. The van der Waals surface area contributed by atoms with E-state index in [0.717, 1.165) is 11.7 Å². The summed E-state index contributed by atoms with van der Waals surface area (Å²) in [6, 6.07) is 1.19. The quantitative estimate of drug-likeness (QED) is 0.734. The molecule has 6 heteroatoms. The molecule has 1 heterocycles. The minimum absolute atomic E-state index is 0.495. The van der Waals surface area contributed by atoms with Crippen LogP contribution in [0.5, 0.6) is 0 Å². The summed E-state index contributed by atoms with van der Waals surface area (Å²) in [6.07, 6.45) is 4.82. The van der Waals surface area contributed by atoms with Crippen LogP contribution in [-0.2, 0) is 0 Å². The Balaban J connectivity index is 1.79. The van der Waals surface area contributed by atoms with Gasteiger partial charge in [0.25, 0.3) is 0 Å². The maximum absolute atomic E-state index is 4.12. The normalized spacial score (nSPS) is 17.3. The molecular formula is C12H23N5S. The van der Waals surface area contributed by atoms with E-state index in [1.54, 1.807) is 11.8 Å². The van der Waals surface area contributed by atoms with Crippen molar-refractivity contribution in [3.63, 3.8) is 0 Å². The van der Waals surface area contributed by atoms with Crippen molar-refractivity contribution in [3.05, 3.63) is 0 Å². The van der Waals surface area contributed by atoms with Gasteiger partial charge in [-0.3, -0.25) is 0 Å². The van der Waals surface area contributed by atoms with Gasteiger partial charge in [0.2, 0.25) is 5.16 Å². The second-order valence-corrected chi connectivity index (χ2v) is 6.39. The van der Waals surface area contributed by atoms with Crippen LogP contribution in [0.15, 0.2) is 5.16 Å². The average molecular weight is 269 g/mol. The highest BCUT2D eigenvalue weighted by Gasteiger charge is 2.28. The van der Waals surface area contributed by atoms with Crippen LogP contribution in [0.4, 0.5) is 0 Å². The highest BCUT2D eigenvalue weighted by molar-refractivity contribution is 7.99. The molecule has 1 aromatic rings. The number of tetrazole rings is 1. The van der Waals surface area contributed by atoms with Gasteiger partial charge in [-0.25, -0.2) is 4.68 Å². The van der Waals surface area contributed by atoms with E-state index >= 15 is 0 Å². The fraction of sp³-hybridized carbons (Fsp3) is 0.917. The molecule has 1 aliphatic carbocycles. The van der Waals surface area contributed by atoms with E-state index in [4.69, 9.17) is 0 Å². The van der Waals surface area contributed by atoms with Crippen LogP contribution in [0.1, 0.15) is 52.5 Å². The molecule has 1 saturated carbocycles. The monoisotopic (exact) mass is 269 g/mol. The first kappa shape index (κ1) is 13.8. The van der Waals surface area contributed by atoms with Crippen molar-refractivity contribution < 1.29 is 0 Å². The fourth-order valence-corrected chi connectivity index (χ4v) is 2.86. The lowest BCUT2D eigenvalue weighted by Gasteiger charge is -2.17. The van der Waals surface area contributed by atoms with Gasteiger partial charge in [-0.1, -0.05) is 32.5 Å². The third-order valence-electron chi connectivity index (χ3n) is 3.34. The molecule has 1 aromatic heterocycles. The number of rotatable bonds is 8. The first-order valence-corrected chi connectivity index (χ1v) is 7.80. The highest BCUT2D eigenvalue weighted by atomic mass is 32.2. The molecule has 0 bridgehead atoms. The summed E-state index contributed by atoms with van der Waals surface area (Å²) in [5, 5.41) is 17.0. The summed E-state index contributed by atoms with van der Waals surface area (Å²) in [6.45, 7) is 7.69. The molecule has 1 unspecified atom stereocenters. The van der Waals surface area contributed by atoms with Gasteiger partial charge in [-0.15, -0.1) is 5.10 Å². The Bertz CT molecular complexity index is 359. The Hall–Kier alpha value is -0.620. The molecule has 0 spiro atoms. The molecule has 18 heavy (non-hydrogen) atoms. The Labute approximate surface area is 113 Å². The maximum atomic E-state index is 4.12. The van der Waals surface area contributed by atoms with Gasteiger partial charge in [0.15, 0.2) is 0 Å². The molecule has 2 rings (SSSR count). The Morgan fingerprint density at radius 2 is 2.11 bits per heavy atom. The number of nitrogens with one attached hydrogen (secondary N) is 1. The number of nitrogens with zero attached hydrogens (tertiary/aromatic N) is 4. The van der Waals surface area contributed by atoms with Gasteiger partial charge < -0.3 is 5.32 Å². The topological polar surface area (TPSA) is 55.6 Å². The summed E-state index contributed by atoms with van der Waals surface area (Å²) in [5.74, 6) is 0. The molecule has 0 amide bonds. The minimum atomic E-state index is 0.495. The molecule has 0 saturated heterocycles. The average Bonchev–Trinajstić information content (AvgIpc) is 3.12. The van der Waals surface area contributed by atoms with Crippen LogP contribution >= 0.6 is 11.8 Å². The number of hydrogen-bond donors (Lipinski definition) is 1. The van der Waals surface area contributed by atoms with Gasteiger partial charge in [0.05, 0.1) is 6.04 Å². The first-order chi connectivity index (χ1) is 8.74. The van der Waals surface area contributed by atoms with Crippen molar-refractivity contribution in [2.75, 3.05) is 6.54 Å². The Morgan fingerprint density at radius 1 is 1.39 bits per heavy atom. The van der Waals surface area contributed by atoms with Gasteiger partial charge in [-0.05, 0) is 36.1 Å². The van der Waals surface area contributed by atoms with Crippen molar-refractivity contribution in [2.45, 2.75) is 68.9 Å². The van der Waals surface area contributed by atoms with E-state index in [-0.39, 0.29) is 0 Å². The molecule has 0 aliphatic heterocycles. The second kappa shape index (κ2) is 6.52. The number of aromatic nitrogens is 4. The molecule has 1 atom stereocenters. The van der Waals surface area contributed by atoms with Crippen molar-refractivity contribution >= 4 is 11.8 Å². The molecular weight excluding hydrogens is 246 g/mol. The van der Waals surface area contributed by atoms with Gasteiger partial charge in [-0.2, -0.15) is 0 Å². The third-order valence-corrected chi connectivity index (χ3v) is 4.39. The van der Waals surface area contributed by atoms with Gasteiger partial charge in [0, 0.05) is 17.8 Å².